The summed E-state index contributed by atoms with van der Waals surface area (Å²) in [6, 6.07) is 6.19. The molecule has 1 amide bonds. The van der Waals surface area contributed by atoms with Gasteiger partial charge in [0.2, 0.25) is 5.91 Å². The Kier molecular flexibility index (Phi) is 6.73. The molecule has 1 saturated heterocycles. The minimum absolute atomic E-state index is 0.0691. The van der Waals surface area contributed by atoms with E-state index in [4.69, 9.17) is 5.11 Å². The van der Waals surface area contributed by atoms with E-state index in [9.17, 15) is 13.6 Å². The third-order valence-electron chi connectivity index (χ3n) is 3.97. The molecule has 1 heterocycles. The second kappa shape index (κ2) is 8.79. The first-order chi connectivity index (χ1) is 11.1. The molecule has 128 valence electrons. The van der Waals surface area contributed by atoms with Gasteiger partial charge in [0.25, 0.3) is 0 Å². The number of aliphatic hydroxyl groups is 1. The lowest BCUT2D eigenvalue weighted by molar-refractivity contribution is -0.122. The molecule has 1 fully saturated rings. The number of nitrogens with one attached hydrogen (secondary N) is 1. The van der Waals surface area contributed by atoms with Crippen LogP contribution >= 0.6 is 0 Å². The Labute approximate surface area is 134 Å². The highest BCUT2D eigenvalue weighted by Gasteiger charge is 2.19. The number of aliphatic hydroxyl groups excluding tert-OH is 1. The maximum absolute atomic E-state index is 12.0. The Bertz CT molecular complexity index is 489. The van der Waals surface area contributed by atoms with Crippen molar-refractivity contribution in [3.8, 4) is 5.75 Å². The van der Waals surface area contributed by atoms with Gasteiger partial charge in [0.15, 0.2) is 0 Å². The summed E-state index contributed by atoms with van der Waals surface area (Å²) in [7, 11) is 0. The summed E-state index contributed by atoms with van der Waals surface area (Å²) >= 11 is 0. The van der Waals surface area contributed by atoms with Gasteiger partial charge < -0.3 is 15.2 Å². The molecule has 2 N–H and O–H groups in total. The Morgan fingerprint density at radius 1 is 1.30 bits per heavy atom. The summed E-state index contributed by atoms with van der Waals surface area (Å²) in [6.07, 6.45) is 1.82. The van der Waals surface area contributed by atoms with Gasteiger partial charge in [0.05, 0.1) is 6.54 Å². The molecule has 0 spiro atoms. The Morgan fingerprint density at radius 3 is 2.52 bits per heavy atom. The Balaban J connectivity index is 1.70. The Hall–Kier alpha value is -1.73. The fourth-order valence-electron chi connectivity index (χ4n) is 2.58. The molecule has 0 saturated carbocycles. The van der Waals surface area contributed by atoms with Crippen molar-refractivity contribution in [3.63, 3.8) is 0 Å². The van der Waals surface area contributed by atoms with Crippen LogP contribution in [0.1, 0.15) is 18.4 Å². The van der Waals surface area contributed by atoms with Crippen LogP contribution < -0.4 is 10.1 Å². The highest BCUT2D eigenvalue weighted by atomic mass is 19.3. The van der Waals surface area contributed by atoms with Crippen molar-refractivity contribution >= 4 is 5.91 Å². The second-order valence-electron chi connectivity index (χ2n) is 5.70. The molecule has 0 unspecified atom stereocenters. The standard InChI is InChI=1S/C16H22F2N2O3/c17-16(18)23-14-3-1-12(2-4-14)9-19-15(22)10-20-7-5-13(11-21)6-8-20/h1-4,13,16,21H,5-11H2,(H,19,22). The molecular formula is C16H22F2N2O3. The van der Waals surface area contributed by atoms with Crippen LogP contribution in [-0.4, -0.2) is 48.8 Å². The monoisotopic (exact) mass is 328 g/mol. The first kappa shape index (κ1) is 17.6. The number of nitrogens with zero attached hydrogens (tertiary/aromatic N) is 1. The van der Waals surface area contributed by atoms with E-state index in [1.807, 2.05) is 0 Å². The number of piperidine rings is 1. The lowest BCUT2D eigenvalue weighted by atomic mass is 9.98. The van der Waals surface area contributed by atoms with Gasteiger partial charge in [-0.25, -0.2) is 0 Å². The van der Waals surface area contributed by atoms with Crippen LogP contribution in [0.4, 0.5) is 8.78 Å². The molecule has 7 heteroatoms. The molecule has 0 atom stereocenters. The molecule has 1 aliphatic heterocycles. The largest absolute Gasteiger partial charge is 0.435 e. The molecule has 1 aromatic carbocycles. The fraction of sp³-hybridized carbons (Fsp3) is 0.562. The lowest BCUT2D eigenvalue weighted by Crippen LogP contribution is -2.41. The van der Waals surface area contributed by atoms with Crippen LogP contribution in [0.3, 0.4) is 0 Å². The summed E-state index contributed by atoms with van der Waals surface area (Å²) in [5, 5.41) is 11.9. The number of hydrogen-bond acceptors (Lipinski definition) is 4. The first-order valence-corrected chi connectivity index (χ1v) is 7.70. The first-order valence-electron chi connectivity index (χ1n) is 7.70. The van der Waals surface area contributed by atoms with Gasteiger partial charge in [0.1, 0.15) is 5.75 Å². The van der Waals surface area contributed by atoms with E-state index in [0.29, 0.717) is 19.0 Å². The molecule has 2 rings (SSSR count). The summed E-state index contributed by atoms with van der Waals surface area (Å²) in [4.78, 5) is 14.0. The van der Waals surface area contributed by atoms with Crippen molar-refractivity contribution in [1.29, 1.82) is 0 Å². The average Bonchev–Trinajstić information content (AvgIpc) is 2.54. The van der Waals surface area contributed by atoms with Gasteiger partial charge in [-0.3, -0.25) is 9.69 Å². The third kappa shape index (κ3) is 6.11. The molecule has 1 aliphatic rings. The summed E-state index contributed by atoms with van der Waals surface area (Å²) < 4.78 is 28.4. The van der Waals surface area contributed by atoms with Gasteiger partial charge in [-0.15, -0.1) is 0 Å². The average molecular weight is 328 g/mol. The van der Waals surface area contributed by atoms with Crippen LogP contribution in [0.2, 0.25) is 0 Å². The smallest absolute Gasteiger partial charge is 0.387 e. The van der Waals surface area contributed by atoms with Crippen molar-refractivity contribution in [1.82, 2.24) is 10.2 Å². The van der Waals surface area contributed by atoms with Gasteiger partial charge >= 0.3 is 6.61 Å². The second-order valence-corrected chi connectivity index (χ2v) is 5.70. The van der Waals surface area contributed by atoms with Crippen molar-refractivity contribution in [2.24, 2.45) is 5.92 Å². The third-order valence-corrected chi connectivity index (χ3v) is 3.97. The van der Waals surface area contributed by atoms with E-state index < -0.39 is 6.61 Å². The molecule has 1 aromatic rings. The number of carbonyl (C=O) groups is 1. The van der Waals surface area contributed by atoms with Crippen LogP contribution in [-0.2, 0) is 11.3 Å². The lowest BCUT2D eigenvalue weighted by Gasteiger charge is -2.30. The number of alkyl halides is 2. The SMILES string of the molecule is O=C(CN1CCC(CO)CC1)NCc1ccc(OC(F)F)cc1. The van der Waals surface area contributed by atoms with E-state index in [1.165, 1.54) is 12.1 Å². The maximum Gasteiger partial charge on any atom is 0.387 e. The quantitative estimate of drug-likeness (QED) is 0.798. The minimum Gasteiger partial charge on any atom is -0.435 e. The zero-order valence-corrected chi connectivity index (χ0v) is 12.9. The Morgan fingerprint density at radius 2 is 1.96 bits per heavy atom. The number of benzene rings is 1. The zero-order valence-electron chi connectivity index (χ0n) is 12.9. The van der Waals surface area contributed by atoms with Crippen LogP contribution in [0.25, 0.3) is 0 Å². The molecular weight excluding hydrogens is 306 g/mol. The fourth-order valence-corrected chi connectivity index (χ4v) is 2.58. The summed E-state index contributed by atoms with van der Waals surface area (Å²) in [5.41, 5.74) is 0.818. The van der Waals surface area contributed by atoms with Crippen molar-refractivity contribution in [3.05, 3.63) is 29.8 Å². The predicted molar refractivity (Wildman–Crippen MR) is 81.2 cm³/mol. The predicted octanol–water partition coefficient (Wildman–Crippen LogP) is 1.61. The van der Waals surface area contributed by atoms with Crippen molar-refractivity contribution in [2.45, 2.75) is 26.0 Å². The zero-order chi connectivity index (χ0) is 16.7. The van der Waals surface area contributed by atoms with Gasteiger partial charge in [0, 0.05) is 13.2 Å². The molecule has 0 aromatic heterocycles. The molecule has 0 bridgehead atoms. The van der Waals surface area contributed by atoms with E-state index >= 15 is 0 Å². The number of rotatable bonds is 7. The van der Waals surface area contributed by atoms with Crippen LogP contribution in [0.15, 0.2) is 24.3 Å². The van der Waals surface area contributed by atoms with E-state index in [1.54, 1.807) is 12.1 Å². The number of carbonyl (C=O) groups excluding carboxylic acids is 1. The van der Waals surface area contributed by atoms with Crippen molar-refractivity contribution in [2.75, 3.05) is 26.2 Å². The molecule has 5 nitrogen and oxygen atoms in total. The number of hydrogen-bond donors (Lipinski definition) is 2. The summed E-state index contributed by atoms with van der Waals surface area (Å²) in [5.74, 6) is 0.380. The van der Waals surface area contributed by atoms with Crippen molar-refractivity contribution < 1.29 is 23.4 Å². The number of ether oxygens (including phenoxy) is 1. The maximum atomic E-state index is 12.0. The van der Waals surface area contributed by atoms with Gasteiger partial charge in [-0.1, -0.05) is 12.1 Å². The number of halogens is 2. The molecule has 23 heavy (non-hydrogen) atoms. The number of likely N-dealkylation sites (tertiary alicyclic amines) is 1. The van der Waals surface area contributed by atoms with Gasteiger partial charge in [-0.2, -0.15) is 8.78 Å². The van der Waals surface area contributed by atoms with E-state index in [2.05, 4.69) is 15.0 Å². The van der Waals surface area contributed by atoms with Gasteiger partial charge in [-0.05, 0) is 49.5 Å². The van der Waals surface area contributed by atoms with Crippen LogP contribution in [0, 0.1) is 5.92 Å². The highest BCUT2D eigenvalue weighted by Crippen LogP contribution is 2.16. The highest BCUT2D eigenvalue weighted by molar-refractivity contribution is 5.78. The van der Waals surface area contributed by atoms with Crippen LogP contribution in [0.5, 0.6) is 5.75 Å². The number of amides is 1. The molecule has 0 aliphatic carbocycles. The normalized spacial score (nSPS) is 16.5. The minimum atomic E-state index is -2.84. The summed E-state index contributed by atoms with van der Waals surface area (Å²) in [6.45, 7) is -0.302. The van der Waals surface area contributed by atoms with E-state index in [0.717, 1.165) is 31.5 Å². The topological polar surface area (TPSA) is 61.8 Å². The van der Waals surface area contributed by atoms with E-state index in [-0.39, 0.29) is 18.3 Å². The molecule has 0 radical (unpaired) electrons.